The molecular formula is C14H12NO3-. The molecule has 92 valence electrons. The third-order valence-electron chi connectivity index (χ3n) is 2.39. The minimum absolute atomic E-state index is 0.0552. The fraction of sp³-hybridized carbons (Fsp3) is 0.143. The Bertz CT molecular complexity index is 508. The third kappa shape index (κ3) is 3.59. The third-order valence-corrected chi connectivity index (χ3v) is 2.39. The van der Waals surface area contributed by atoms with E-state index in [1.165, 1.54) is 12.1 Å². The second-order valence-electron chi connectivity index (χ2n) is 3.84. The van der Waals surface area contributed by atoms with Gasteiger partial charge in [-0.05, 0) is 17.2 Å². The molecule has 0 spiro atoms. The average Bonchev–Trinajstić information content (AvgIpc) is 2.39. The van der Waals surface area contributed by atoms with Crippen LogP contribution < -0.4 is 5.11 Å². The van der Waals surface area contributed by atoms with Crippen LogP contribution in [-0.2, 0) is 22.6 Å². The second kappa shape index (κ2) is 5.82. The molecule has 0 aliphatic carbocycles. The van der Waals surface area contributed by atoms with Gasteiger partial charge in [0.05, 0.1) is 6.42 Å². The van der Waals surface area contributed by atoms with Crippen molar-refractivity contribution in [3.8, 4) is 5.75 Å². The van der Waals surface area contributed by atoms with Crippen molar-refractivity contribution in [3.63, 3.8) is 0 Å². The van der Waals surface area contributed by atoms with E-state index >= 15 is 0 Å². The quantitative estimate of drug-likeness (QED) is 0.761. The van der Waals surface area contributed by atoms with Crippen LogP contribution in [0.1, 0.15) is 11.1 Å². The van der Waals surface area contributed by atoms with Gasteiger partial charge in [0.2, 0.25) is 0 Å². The first-order valence-electron chi connectivity index (χ1n) is 5.54. The molecule has 0 aliphatic rings. The molecule has 1 aromatic carbocycles. The van der Waals surface area contributed by atoms with Gasteiger partial charge in [0.15, 0.2) is 0 Å². The molecule has 0 radical (unpaired) electrons. The number of pyridine rings is 1. The number of esters is 1. The second-order valence-corrected chi connectivity index (χ2v) is 3.84. The van der Waals surface area contributed by atoms with Crippen molar-refractivity contribution in [2.24, 2.45) is 0 Å². The Hall–Kier alpha value is -2.36. The smallest absolute Gasteiger partial charge is 0.310 e. The Morgan fingerprint density at radius 2 is 1.94 bits per heavy atom. The van der Waals surface area contributed by atoms with Crippen molar-refractivity contribution in [1.82, 2.24) is 4.98 Å². The Kier molecular flexibility index (Phi) is 3.91. The number of carbonyl (C=O) groups excluding carboxylic acids is 1. The molecule has 0 fully saturated rings. The zero-order valence-corrected chi connectivity index (χ0v) is 9.70. The lowest BCUT2D eigenvalue weighted by Crippen LogP contribution is -2.08. The standard InChI is InChI=1S/C14H13NO3/c16-13-5-3-11(4-6-13)10-18-14(17)8-12-2-1-7-15-9-12/h1-7,9,16H,8,10H2/p-1. The molecule has 0 saturated carbocycles. The lowest BCUT2D eigenvalue weighted by molar-refractivity contribution is -0.268. The Labute approximate surface area is 105 Å². The molecule has 0 unspecified atom stereocenters. The van der Waals surface area contributed by atoms with Crippen LogP contribution in [0.2, 0.25) is 0 Å². The van der Waals surface area contributed by atoms with Crippen molar-refractivity contribution < 1.29 is 14.6 Å². The molecule has 4 heteroatoms. The SMILES string of the molecule is O=C(Cc1cccnc1)OCc1ccc([O-])cc1. The highest BCUT2D eigenvalue weighted by atomic mass is 16.5. The Morgan fingerprint density at radius 1 is 1.17 bits per heavy atom. The van der Waals surface area contributed by atoms with Crippen LogP contribution in [0, 0.1) is 0 Å². The highest BCUT2D eigenvalue weighted by Crippen LogP contribution is 2.08. The molecule has 0 aliphatic heterocycles. The van der Waals surface area contributed by atoms with Crippen LogP contribution >= 0.6 is 0 Å². The Balaban J connectivity index is 1.83. The highest BCUT2D eigenvalue weighted by molar-refractivity contribution is 5.72. The van der Waals surface area contributed by atoms with Crippen LogP contribution in [-0.4, -0.2) is 11.0 Å². The summed E-state index contributed by atoms with van der Waals surface area (Å²) in [7, 11) is 0. The van der Waals surface area contributed by atoms with Crippen molar-refractivity contribution >= 4 is 5.97 Å². The summed E-state index contributed by atoms with van der Waals surface area (Å²) in [5.74, 6) is -0.366. The number of aromatic nitrogens is 1. The molecule has 0 amide bonds. The first-order chi connectivity index (χ1) is 8.74. The molecule has 18 heavy (non-hydrogen) atoms. The number of carbonyl (C=O) groups is 1. The molecule has 0 atom stereocenters. The van der Waals surface area contributed by atoms with Gasteiger partial charge in [0, 0.05) is 12.4 Å². The zero-order valence-electron chi connectivity index (χ0n) is 9.70. The van der Waals surface area contributed by atoms with Crippen LogP contribution in [0.4, 0.5) is 0 Å². The molecule has 4 nitrogen and oxygen atoms in total. The van der Waals surface area contributed by atoms with Crippen LogP contribution in [0.5, 0.6) is 5.75 Å². The maximum absolute atomic E-state index is 11.5. The lowest BCUT2D eigenvalue weighted by Gasteiger charge is -2.07. The van der Waals surface area contributed by atoms with Crippen molar-refractivity contribution in [1.29, 1.82) is 0 Å². The molecular weight excluding hydrogens is 230 g/mol. The number of hydrogen-bond donors (Lipinski definition) is 0. The van der Waals surface area contributed by atoms with E-state index in [9.17, 15) is 9.90 Å². The van der Waals surface area contributed by atoms with E-state index in [-0.39, 0.29) is 24.7 Å². The van der Waals surface area contributed by atoms with E-state index in [4.69, 9.17) is 4.74 Å². The number of ether oxygens (including phenoxy) is 1. The largest absolute Gasteiger partial charge is 0.872 e. The fourth-order valence-corrected chi connectivity index (χ4v) is 1.47. The summed E-state index contributed by atoms with van der Waals surface area (Å²) in [6.07, 6.45) is 3.49. The van der Waals surface area contributed by atoms with Crippen LogP contribution in [0.15, 0.2) is 48.8 Å². The topological polar surface area (TPSA) is 62.2 Å². The highest BCUT2D eigenvalue weighted by Gasteiger charge is 2.04. The summed E-state index contributed by atoms with van der Waals surface area (Å²) in [5.41, 5.74) is 1.62. The van der Waals surface area contributed by atoms with Crippen molar-refractivity contribution in [2.75, 3.05) is 0 Å². The van der Waals surface area contributed by atoms with Gasteiger partial charge in [-0.15, -0.1) is 5.75 Å². The molecule has 1 heterocycles. The maximum atomic E-state index is 11.5. The average molecular weight is 242 g/mol. The van der Waals surface area contributed by atoms with E-state index in [1.807, 2.05) is 6.07 Å². The summed E-state index contributed by atoms with van der Waals surface area (Å²) in [5, 5.41) is 10.9. The lowest BCUT2D eigenvalue weighted by atomic mass is 10.2. The first-order valence-corrected chi connectivity index (χ1v) is 5.54. The van der Waals surface area contributed by atoms with Gasteiger partial charge in [0.1, 0.15) is 6.61 Å². The molecule has 1 aromatic heterocycles. The first kappa shape index (κ1) is 12.1. The van der Waals surface area contributed by atoms with Gasteiger partial charge in [-0.3, -0.25) is 9.78 Å². The van der Waals surface area contributed by atoms with Crippen molar-refractivity contribution in [3.05, 3.63) is 59.9 Å². The number of benzene rings is 1. The van der Waals surface area contributed by atoms with E-state index in [1.54, 1.807) is 30.6 Å². The van der Waals surface area contributed by atoms with E-state index in [0.717, 1.165) is 11.1 Å². The number of hydrogen-bond acceptors (Lipinski definition) is 4. The summed E-state index contributed by atoms with van der Waals surface area (Å²) < 4.78 is 5.10. The molecule has 0 bridgehead atoms. The van der Waals surface area contributed by atoms with E-state index in [0.29, 0.717) is 0 Å². The van der Waals surface area contributed by atoms with Crippen molar-refractivity contribution in [2.45, 2.75) is 13.0 Å². The number of nitrogens with zero attached hydrogens (tertiary/aromatic N) is 1. The minimum atomic E-state index is -0.311. The zero-order chi connectivity index (χ0) is 12.8. The van der Waals surface area contributed by atoms with E-state index < -0.39 is 0 Å². The van der Waals surface area contributed by atoms with E-state index in [2.05, 4.69) is 4.98 Å². The van der Waals surface area contributed by atoms with Gasteiger partial charge < -0.3 is 9.84 Å². The molecule has 2 aromatic rings. The molecule has 2 rings (SSSR count). The van der Waals surface area contributed by atoms with Gasteiger partial charge in [0.25, 0.3) is 0 Å². The van der Waals surface area contributed by atoms with Gasteiger partial charge in [-0.2, -0.15) is 0 Å². The summed E-state index contributed by atoms with van der Waals surface area (Å²) in [6.45, 7) is 0.180. The molecule has 0 N–H and O–H groups in total. The molecule has 0 saturated heterocycles. The monoisotopic (exact) mass is 242 g/mol. The normalized spacial score (nSPS) is 10.0. The maximum Gasteiger partial charge on any atom is 0.310 e. The van der Waals surface area contributed by atoms with Gasteiger partial charge >= 0.3 is 5.97 Å². The summed E-state index contributed by atoms with van der Waals surface area (Å²) in [6, 6.07) is 9.80. The Morgan fingerprint density at radius 3 is 2.61 bits per heavy atom. The van der Waals surface area contributed by atoms with Crippen LogP contribution in [0.3, 0.4) is 0 Å². The number of rotatable bonds is 4. The summed E-state index contributed by atoms with van der Waals surface area (Å²) >= 11 is 0. The minimum Gasteiger partial charge on any atom is -0.872 e. The van der Waals surface area contributed by atoms with Gasteiger partial charge in [-0.1, -0.05) is 30.3 Å². The predicted octanol–water partition coefficient (Wildman–Crippen LogP) is 1.44. The van der Waals surface area contributed by atoms with Gasteiger partial charge in [-0.25, -0.2) is 0 Å². The summed E-state index contributed by atoms with van der Waals surface area (Å²) in [4.78, 5) is 15.5. The fourth-order valence-electron chi connectivity index (χ4n) is 1.47. The predicted molar refractivity (Wildman–Crippen MR) is 63.6 cm³/mol. The van der Waals surface area contributed by atoms with Crippen LogP contribution in [0.25, 0.3) is 0 Å².